The first-order valence-corrected chi connectivity index (χ1v) is 9.99. The van der Waals surface area contributed by atoms with E-state index < -0.39 is 10.0 Å². The summed E-state index contributed by atoms with van der Waals surface area (Å²) in [5, 5.41) is 0.603. The monoisotopic (exact) mass is 378 g/mol. The Kier molecular flexibility index (Phi) is 5.81. The van der Waals surface area contributed by atoms with Gasteiger partial charge in [0.2, 0.25) is 15.9 Å². The highest BCUT2D eigenvalue weighted by molar-refractivity contribution is 7.92. The number of benzene rings is 1. The highest BCUT2D eigenvalue weighted by Gasteiger charge is 2.27. The maximum atomic E-state index is 12.5. The normalized spacial score (nSPS) is 18.8. The van der Waals surface area contributed by atoms with Crippen LogP contribution in [0.25, 0.3) is 0 Å². The predicted molar refractivity (Wildman–Crippen MR) is 93.6 cm³/mol. The van der Waals surface area contributed by atoms with Gasteiger partial charge in [0.05, 0.1) is 17.0 Å². The lowest BCUT2D eigenvalue weighted by atomic mass is 10.0. The fourth-order valence-corrected chi connectivity index (χ4v) is 4.13. The molecule has 5 nitrogen and oxygen atoms in total. The average Bonchev–Trinajstić information content (AvgIpc) is 2.44. The highest BCUT2D eigenvalue weighted by Crippen LogP contribution is 2.30. The molecule has 1 fully saturated rings. The molecule has 0 aliphatic carbocycles. The van der Waals surface area contributed by atoms with Gasteiger partial charge in [-0.05, 0) is 37.0 Å². The molecule has 1 aliphatic rings. The minimum Gasteiger partial charge on any atom is -0.341 e. The molecule has 0 unspecified atom stereocenters. The maximum absolute atomic E-state index is 12.5. The van der Waals surface area contributed by atoms with Gasteiger partial charge >= 0.3 is 0 Å². The lowest BCUT2D eigenvalue weighted by Crippen LogP contribution is -2.46. The lowest BCUT2D eigenvalue weighted by Gasteiger charge is -2.33. The third-order valence-electron chi connectivity index (χ3n) is 3.87. The van der Waals surface area contributed by atoms with Gasteiger partial charge in [-0.2, -0.15) is 0 Å². The molecule has 0 N–H and O–H groups in total. The van der Waals surface area contributed by atoms with E-state index in [0.717, 1.165) is 23.4 Å². The standard InChI is InChI=1S/C15H20Cl2N2O3S/c1-11-4-3-7-18(9-11)15(20)10-19(23(2,21)22)14-6-5-12(16)8-13(14)17/h5-6,8,11H,3-4,7,9-10H2,1-2H3/t11-/m1/s1. The van der Waals surface area contributed by atoms with Gasteiger partial charge in [0.1, 0.15) is 6.54 Å². The Morgan fingerprint density at radius 1 is 1.39 bits per heavy atom. The largest absolute Gasteiger partial charge is 0.341 e. The van der Waals surface area contributed by atoms with Crippen LogP contribution in [0.5, 0.6) is 0 Å². The molecule has 23 heavy (non-hydrogen) atoms. The first-order chi connectivity index (χ1) is 10.7. The van der Waals surface area contributed by atoms with E-state index in [1.54, 1.807) is 11.0 Å². The highest BCUT2D eigenvalue weighted by atomic mass is 35.5. The summed E-state index contributed by atoms with van der Waals surface area (Å²) < 4.78 is 25.3. The molecular formula is C15H20Cl2N2O3S. The Balaban J connectivity index is 2.24. The summed E-state index contributed by atoms with van der Waals surface area (Å²) in [6.07, 6.45) is 3.08. The van der Waals surface area contributed by atoms with E-state index in [9.17, 15) is 13.2 Å². The average molecular weight is 379 g/mol. The number of piperidine rings is 1. The van der Waals surface area contributed by atoms with E-state index in [0.29, 0.717) is 24.0 Å². The topological polar surface area (TPSA) is 57.7 Å². The van der Waals surface area contributed by atoms with Gasteiger partial charge in [-0.15, -0.1) is 0 Å². The van der Waals surface area contributed by atoms with Gasteiger partial charge < -0.3 is 4.90 Å². The van der Waals surface area contributed by atoms with Crippen molar-refractivity contribution in [3.63, 3.8) is 0 Å². The third kappa shape index (κ3) is 4.75. The van der Waals surface area contributed by atoms with Crippen LogP contribution in [0.1, 0.15) is 19.8 Å². The summed E-state index contributed by atoms with van der Waals surface area (Å²) in [7, 11) is -3.64. The van der Waals surface area contributed by atoms with E-state index in [4.69, 9.17) is 23.2 Å². The van der Waals surface area contributed by atoms with Gasteiger partial charge in [0.25, 0.3) is 0 Å². The number of halogens is 2. The van der Waals surface area contributed by atoms with E-state index in [1.165, 1.54) is 12.1 Å². The second-order valence-electron chi connectivity index (χ2n) is 5.95. The molecule has 0 aromatic heterocycles. The molecular weight excluding hydrogens is 359 g/mol. The SMILES string of the molecule is C[C@@H]1CCCN(C(=O)CN(c2ccc(Cl)cc2Cl)S(C)(=O)=O)C1. The molecule has 1 aliphatic heterocycles. The van der Waals surface area contributed by atoms with Crippen molar-refractivity contribution >= 4 is 44.8 Å². The van der Waals surface area contributed by atoms with Crippen LogP contribution in [0.4, 0.5) is 5.69 Å². The molecule has 0 bridgehead atoms. The molecule has 1 amide bonds. The zero-order valence-electron chi connectivity index (χ0n) is 13.1. The minimum absolute atomic E-state index is 0.197. The van der Waals surface area contributed by atoms with Gasteiger partial charge in [0, 0.05) is 18.1 Å². The third-order valence-corrected chi connectivity index (χ3v) is 5.53. The molecule has 1 atom stereocenters. The fourth-order valence-electron chi connectivity index (χ4n) is 2.70. The van der Waals surface area contributed by atoms with Crippen LogP contribution in [0, 0.1) is 5.92 Å². The zero-order chi connectivity index (χ0) is 17.2. The van der Waals surface area contributed by atoms with Gasteiger partial charge in [0.15, 0.2) is 0 Å². The Bertz CT molecular complexity index is 694. The molecule has 0 radical (unpaired) electrons. The number of anilines is 1. The fraction of sp³-hybridized carbons (Fsp3) is 0.533. The van der Waals surface area contributed by atoms with Crippen LogP contribution in [0.3, 0.4) is 0 Å². The quantitative estimate of drug-likeness (QED) is 0.808. The Hall–Kier alpha value is -0.980. The first-order valence-electron chi connectivity index (χ1n) is 7.39. The summed E-state index contributed by atoms with van der Waals surface area (Å²) in [4.78, 5) is 14.2. The van der Waals surface area contributed by atoms with E-state index in [-0.39, 0.29) is 23.2 Å². The Morgan fingerprint density at radius 2 is 2.09 bits per heavy atom. The van der Waals surface area contributed by atoms with Crippen molar-refractivity contribution in [2.75, 3.05) is 30.2 Å². The van der Waals surface area contributed by atoms with Crippen molar-refractivity contribution in [2.45, 2.75) is 19.8 Å². The number of rotatable bonds is 4. The first kappa shape index (κ1) is 18.4. The van der Waals surface area contributed by atoms with Crippen LogP contribution in [0.15, 0.2) is 18.2 Å². The number of nitrogens with zero attached hydrogens (tertiary/aromatic N) is 2. The summed E-state index contributed by atoms with van der Waals surface area (Å²) in [6, 6.07) is 4.52. The van der Waals surface area contributed by atoms with Crippen molar-refractivity contribution in [3.05, 3.63) is 28.2 Å². The predicted octanol–water partition coefficient (Wildman–Crippen LogP) is 3.02. The van der Waals surface area contributed by atoms with Crippen LogP contribution in [0.2, 0.25) is 10.0 Å². The molecule has 0 saturated carbocycles. The maximum Gasteiger partial charge on any atom is 0.243 e. The van der Waals surface area contributed by atoms with E-state index in [1.807, 2.05) is 0 Å². The second kappa shape index (κ2) is 7.28. The Labute approximate surface area is 147 Å². The molecule has 0 spiro atoms. The number of likely N-dealkylation sites (tertiary alicyclic amines) is 1. The molecule has 2 rings (SSSR count). The Morgan fingerprint density at radius 3 is 2.65 bits per heavy atom. The zero-order valence-corrected chi connectivity index (χ0v) is 15.5. The van der Waals surface area contributed by atoms with Gasteiger partial charge in [-0.25, -0.2) is 8.42 Å². The number of sulfonamides is 1. The summed E-state index contributed by atoms with van der Waals surface area (Å²) >= 11 is 12.0. The van der Waals surface area contributed by atoms with Crippen molar-refractivity contribution in [1.82, 2.24) is 4.90 Å². The number of carbonyl (C=O) groups excluding carboxylic acids is 1. The number of carbonyl (C=O) groups is 1. The molecule has 1 aromatic carbocycles. The molecule has 128 valence electrons. The van der Waals surface area contributed by atoms with E-state index in [2.05, 4.69) is 6.92 Å². The number of hydrogen-bond acceptors (Lipinski definition) is 3. The van der Waals surface area contributed by atoms with Gasteiger partial charge in [-0.3, -0.25) is 9.10 Å². The number of hydrogen-bond donors (Lipinski definition) is 0. The van der Waals surface area contributed by atoms with Crippen molar-refractivity contribution in [1.29, 1.82) is 0 Å². The molecule has 8 heteroatoms. The summed E-state index contributed by atoms with van der Waals surface area (Å²) in [5.41, 5.74) is 0.261. The number of amides is 1. The van der Waals surface area contributed by atoms with Gasteiger partial charge in [-0.1, -0.05) is 30.1 Å². The molecule has 1 heterocycles. The van der Waals surface area contributed by atoms with Crippen molar-refractivity contribution in [3.8, 4) is 0 Å². The van der Waals surface area contributed by atoms with Crippen LogP contribution in [-0.4, -0.2) is 45.1 Å². The minimum atomic E-state index is -3.64. The van der Waals surface area contributed by atoms with Crippen molar-refractivity contribution < 1.29 is 13.2 Å². The lowest BCUT2D eigenvalue weighted by molar-refractivity contribution is -0.131. The van der Waals surface area contributed by atoms with E-state index >= 15 is 0 Å². The molecule has 1 saturated heterocycles. The summed E-state index contributed by atoms with van der Waals surface area (Å²) in [5.74, 6) is 0.214. The van der Waals surface area contributed by atoms with Crippen molar-refractivity contribution in [2.24, 2.45) is 5.92 Å². The molecule has 1 aromatic rings. The second-order valence-corrected chi connectivity index (χ2v) is 8.70. The van der Waals surface area contributed by atoms with Crippen LogP contribution < -0.4 is 4.31 Å². The van der Waals surface area contributed by atoms with Crippen LogP contribution >= 0.6 is 23.2 Å². The summed E-state index contributed by atoms with van der Waals surface area (Å²) in [6.45, 7) is 3.15. The van der Waals surface area contributed by atoms with Crippen LogP contribution in [-0.2, 0) is 14.8 Å². The smallest absolute Gasteiger partial charge is 0.243 e.